The van der Waals surface area contributed by atoms with E-state index in [1.165, 1.54) is 6.07 Å². The van der Waals surface area contributed by atoms with E-state index >= 15 is 0 Å². The molecule has 0 amide bonds. The molecule has 0 aromatic carbocycles. The fourth-order valence-electron chi connectivity index (χ4n) is 2.34. The van der Waals surface area contributed by atoms with Crippen molar-refractivity contribution in [2.24, 2.45) is 0 Å². The number of aromatic nitrogens is 1. The van der Waals surface area contributed by atoms with E-state index in [9.17, 15) is 15.2 Å². The zero-order chi connectivity index (χ0) is 14.0. The first-order valence-corrected chi connectivity index (χ1v) is 6.32. The lowest BCUT2D eigenvalue weighted by molar-refractivity contribution is -0.389. The SMILES string of the molecule is CC(C)(O)C1CC(c2ccc([N+](=O)[O-])nc2)CCO1. The van der Waals surface area contributed by atoms with E-state index in [1.54, 1.807) is 26.1 Å². The van der Waals surface area contributed by atoms with Gasteiger partial charge in [0.15, 0.2) is 0 Å². The van der Waals surface area contributed by atoms with Crippen LogP contribution >= 0.6 is 0 Å². The Kier molecular flexibility index (Phi) is 3.82. The molecule has 1 saturated heterocycles. The third kappa shape index (κ3) is 3.27. The van der Waals surface area contributed by atoms with E-state index in [2.05, 4.69) is 4.98 Å². The summed E-state index contributed by atoms with van der Waals surface area (Å²) in [6.45, 7) is 4.04. The highest BCUT2D eigenvalue weighted by Crippen LogP contribution is 2.34. The number of hydrogen-bond acceptors (Lipinski definition) is 5. The van der Waals surface area contributed by atoms with Gasteiger partial charge in [-0.1, -0.05) is 0 Å². The van der Waals surface area contributed by atoms with Gasteiger partial charge < -0.3 is 20.0 Å². The minimum atomic E-state index is -0.882. The van der Waals surface area contributed by atoms with E-state index in [-0.39, 0.29) is 17.8 Å². The lowest BCUT2D eigenvalue weighted by Gasteiger charge is -2.36. The van der Waals surface area contributed by atoms with Crippen LogP contribution in [-0.2, 0) is 4.74 Å². The number of rotatable bonds is 3. The highest BCUT2D eigenvalue weighted by molar-refractivity contribution is 5.25. The maximum atomic E-state index is 10.6. The number of nitro groups is 1. The van der Waals surface area contributed by atoms with E-state index in [4.69, 9.17) is 4.74 Å². The van der Waals surface area contributed by atoms with Gasteiger partial charge in [-0.2, -0.15) is 0 Å². The van der Waals surface area contributed by atoms with Gasteiger partial charge in [0, 0.05) is 12.7 Å². The van der Waals surface area contributed by atoms with Crippen molar-refractivity contribution in [3.8, 4) is 0 Å². The van der Waals surface area contributed by atoms with Gasteiger partial charge in [-0.3, -0.25) is 0 Å². The predicted octanol–water partition coefficient (Wildman–Crippen LogP) is 2.02. The summed E-state index contributed by atoms with van der Waals surface area (Å²) in [7, 11) is 0. The molecule has 0 radical (unpaired) electrons. The first-order chi connectivity index (χ1) is 8.88. The van der Waals surface area contributed by atoms with E-state index in [1.807, 2.05) is 0 Å². The Balaban J connectivity index is 2.11. The van der Waals surface area contributed by atoms with Crippen molar-refractivity contribution in [2.75, 3.05) is 6.61 Å². The second-order valence-corrected chi connectivity index (χ2v) is 5.44. The van der Waals surface area contributed by atoms with Gasteiger partial charge in [0.05, 0.1) is 11.7 Å². The molecule has 1 aliphatic rings. The van der Waals surface area contributed by atoms with Crippen LogP contribution in [0.3, 0.4) is 0 Å². The molecule has 6 nitrogen and oxygen atoms in total. The highest BCUT2D eigenvalue weighted by Gasteiger charge is 2.34. The lowest BCUT2D eigenvalue weighted by Crippen LogP contribution is -2.42. The molecule has 2 atom stereocenters. The van der Waals surface area contributed by atoms with Crippen molar-refractivity contribution in [3.05, 3.63) is 34.0 Å². The Morgan fingerprint density at radius 3 is 2.79 bits per heavy atom. The Morgan fingerprint density at radius 2 is 2.26 bits per heavy atom. The van der Waals surface area contributed by atoms with Crippen LogP contribution in [0.5, 0.6) is 0 Å². The molecule has 0 saturated carbocycles. The third-order valence-corrected chi connectivity index (χ3v) is 3.50. The number of nitrogens with zero attached hydrogens (tertiary/aromatic N) is 2. The zero-order valence-electron chi connectivity index (χ0n) is 11.1. The van der Waals surface area contributed by atoms with Gasteiger partial charge in [-0.25, -0.2) is 0 Å². The van der Waals surface area contributed by atoms with E-state index in [0.29, 0.717) is 13.0 Å². The number of aliphatic hydroxyl groups is 1. The minimum Gasteiger partial charge on any atom is -0.388 e. The second kappa shape index (κ2) is 5.22. The molecule has 1 fully saturated rings. The summed E-state index contributed by atoms with van der Waals surface area (Å²) < 4.78 is 5.58. The average Bonchev–Trinajstić information content (AvgIpc) is 2.38. The van der Waals surface area contributed by atoms with Gasteiger partial charge >= 0.3 is 5.82 Å². The summed E-state index contributed by atoms with van der Waals surface area (Å²) in [5, 5.41) is 20.6. The lowest BCUT2D eigenvalue weighted by atomic mass is 9.84. The van der Waals surface area contributed by atoms with Crippen LogP contribution in [0.1, 0.15) is 38.2 Å². The van der Waals surface area contributed by atoms with Gasteiger partial charge in [0.25, 0.3) is 0 Å². The van der Waals surface area contributed by atoms with Gasteiger partial charge in [-0.15, -0.1) is 0 Å². The van der Waals surface area contributed by atoms with Crippen LogP contribution in [0.4, 0.5) is 5.82 Å². The topological polar surface area (TPSA) is 85.5 Å². The Hall–Kier alpha value is -1.53. The Morgan fingerprint density at radius 1 is 1.53 bits per heavy atom. The normalized spacial score (nSPS) is 24.2. The molecule has 2 heterocycles. The van der Waals surface area contributed by atoms with Crippen LogP contribution in [0.2, 0.25) is 0 Å². The molecule has 0 spiro atoms. The molecule has 6 heteroatoms. The van der Waals surface area contributed by atoms with Crippen molar-refractivity contribution in [2.45, 2.75) is 44.3 Å². The molecular weight excluding hydrogens is 248 g/mol. The molecule has 1 aromatic rings. The molecule has 1 aliphatic heterocycles. The molecule has 0 aliphatic carbocycles. The predicted molar refractivity (Wildman–Crippen MR) is 68.9 cm³/mol. The van der Waals surface area contributed by atoms with Crippen LogP contribution in [0.25, 0.3) is 0 Å². The molecule has 1 N–H and O–H groups in total. The van der Waals surface area contributed by atoms with Crippen molar-refractivity contribution >= 4 is 5.82 Å². The first kappa shape index (κ1) is 13.9. The Bertz CT molecular complexity index is 453. The van der Waals surface area contributed by atoms with Crippen molar-refractivity contribution in [1.82, 2.24) is 4.98 Å². The average molecular weight is 266 g/mol. The number of hydrogen-bond donors (Lipinski definition) is 1. The quantitative estimate of drug-likeness (QED) is 0.668. The second-order valence-electron chi connectivity index (χ2n) is 5.44. The molecule has 104 valence electrons. The molecule has 2 rings (SSSR count). The Labute approximate surface area is 111 Å². The first-order valence-electron chi connectivity index (χ1n) is 6.32. The summed E-state index contributed by atoms with van der Waals surface area (Å²) >= 11 is 0. The van der Waals surface area contributed by atoms with Crippen molar-refractivity contribution in [3.63, 3.8) is 0 Å². The van der Waals surface area contributed by atoms with Gasteiger partial charge in [0.2, 0.25) is 0 Å². The smallest absolute Gasteiger partial charge is 0.363 e. The standard InChI is InChI=1S/C13H18N2O4/c1-13(2,16)11-7-9(5-6-19-11)10-3-4-12(14-8-10)15(17)18/h3-4,8-9,11,16H,5-7H2,1-2H3. The molecule has 0 bridgehead atoms. The zero-order valence-corrected chi connectivity index (χ0v) is 11.1. The fourth-order valence-corrected chi connectivity index (χ4v) is 2.34. The highest BCUT2D eigenvalue weighted by atomic mass is 16.6. The monoisotopic (exact) mass is 266 g/mol. The summed E-state index contributed by atoms with van der Waals surface area (Å²) in [5.74, 6) is 0.0772. The van der Waals surface area contributed by atoms with Crippen LogP contribution < -0.4 is 0 Å². The molecular formula is C13H18N2O4. The molecule has 2 unspecified atom stereocenters. The number of ether oxygens (including phenoxy) is 1. The van der Waals surface area contributed by atoms with Crippen LogP contribution in [0.15, 0.2) is 18.3 Å². The summed E-state index contributed by atoms with van der Waals surface area (Å²) in [6, 6.07) is 3.16. The van der Waals surface area contributed by atoms with E-state index < -0.39 is 10.5 Å². The van der Waals surface area contributed by atoms with Crippen molar-refractivity contribution < 1.29 is 14.8 Å². The van der Waals surface area contributed by atoms with Gasteiger partial charge in [0.1, 0.15) is 6.20 Å². The summed E-state index contributed by atoms with van der Waals surface area (Å²) in [5.41, 5.74) is 0.0792. The van der Waals surface area contributed by atoms with Gasteiger partial charge in [-0.05, 0) is 54.1 Å². The molecule has 19 heavy (non-hydrogen) atoms. The third-order valence-electron chi connectivity index (χ3n) is 3.50. The molecule has 1 aromatic heterocycles. The fraction of sp³-hybridized carbons (Fsp3) is 0.615. The summed E-state index contributed by atoms with van der Waals surface area (Å²) in [4.78, 5) is 13.9. The number of pyridine rings is 1. The maximum absolute atomic E-state index is 10.6. The van der Waals surface area contributed by atoms with Crippen molar-refractivity contribution in [1.29, 1.82) is 0 Å². The van der Waals surface area contributed by atoms with Crippen LogP contribution in [0, 0.1) is 10.1 Å². The minimum absolute atomic E-state index is 0.144. The summed E-state index contributed by atoms with van der Waals surface area (Å²) in [6.07, 6.45) is 2.87. The maximum Gasteiger partial charge on any atom is 0.363 e. The van der Waals surface area contributed by atoms with Crippen LogP contribution in [-0.4, -0.2) is 33.3 Å². The van der Waals surface area contributed by atoms with E-state index in [0.717, 1.165) is 12.0 Å². The largest absolute Gasteiger partial charge is 0.388 e.